The Bertz CT molecular complexity index is 487. The maximum absolute atomic E-state index is 5.33. The number of nitrogens with zero attached hydrogens (tertiary/aromatic N) is 5. The summed E-state index contributed by atoms with van der Waals surface area (Å²) in [5.74, 6) is 2.18. The molecular weight excluding hydrogens is 242 g/mol. The molecule has 2 aromatic heterocycles. The third-order valence-electron chi connectivity index (χ3n) is 3.70. The van der Waals surface area contributed by atoms with E-state index in [0.29, 0.717) is 5.92 Å². The first kappa shape index (κ1) is 12.3. The van der Waals surface area contributed by atoms with E-state index in [9.17, 15) is 0 Å². The van der Waals surface area contributed by atoms with E-state index < -0.39 is 0 Å². The quantitative estimate of drug-likeness (QED) is 0.826. The van der Waals surface area contributed by atoms with Crippen molar-refractivity contribution in [3.8, 4) is 0 Å². The van der Waals surface area contributed by atoms with Crippen LogP contribution >= 0.6 is 0 Å². The molecule has 1 fully saturated rings. The van der Waals surface area contributed by atoms with Gasteiger partial charge in [-0.3, -0.25) is 4.68 Å². The van der Waals surface area contributed by atoms with Gasteiger partial charge in [-0.05, 0) is 19.3 Å². The minimum absolute atomic E-state index is 0.515. The van der Waals surface area contributed by atoms with Crippen molar-refractivity contribution in [1.82, 2.24) is 25.1 Å². The summed E-state index contributed by atoms with van der Waals surface area (Å²) in [4.78, 5) is 4.53. The van der Waals surface area contributed by atoms with Crippen LogP contribution in [-0.4, -0.2) is 25.1 Å². The summed E-state index contributed by atoms with van der Waals surface area (Å²) in [5, 5.41) is 11.8. The molecule has 0 spiro atoms. The average Bonchev–Trinajstić information content (AvgIpc) is 3.11. The van der Waals surface area contributed by atoms with Crippen LogP contribution in [0.15, 0.2) is 16.9 Å². The van der Waals surface area contributed by atoms with Gasteiger partial charge in [0, 0.05) is 25.1 Å². The summed E-state index contributed by atoms with van der Waals surface area (Å²) in [7, 11) is 0. The Morgan fingerprint density at radius 1 is 1.26 bits per heavy atom. The van der Waals surface area contributed by atoms with Crippen LogP contribution < -0.4 is 0 Å². The lowest BCUT2D eigenvalue weighted by atomic mass is 9.89. The Morgan fingerprint density at radius 3 is 2.95 bits per heavy atom. The Labute approximate surface area is 112 Å². The first-order chi connectivity index (χ1) is 9.42. The number of rotatable bonds is 5. The minimum atomic E-state index is 0.515. The van der Waals surface area contributed by atoms with Gasteiger partial charge in [0.05, 0.1) is 6.20 Å². The minimum Gasteiger partial charge on any atom is -0.339 e. The van der Waals surface area contributed by atoms with E-state index in [2.05, 4.69) is 20.5 Å². The van der Waals surface area contributed by atoms with Crippen LogP contribution in [-0.2, 0) is 13.0 Å². The summed E-state index contributed by atoms with van der Waals surface area (Å²) in [5.41, 5.74) is 0. The molecule has 0 bridgehead atoms. The van der Waals surface area contributed by atoms with Crippen molar-refractivity contribution >= 4 is 0 Å². The Hall–Kier alpha value is -1.72. The van der Waals surface area contributed by atoms with Crippen LogP contribution in [0.3, 0.4) is 0 Å². The molecule has 0 amide bonds. The van der Waals surface area contributed by atoms with Crippen LogP contribution in [0.5, 0.6) is 0 Å². The number of aryl methyl sites for hydroxylation is 2. The largest absolute Gasteiger partial charge is 0.339 e. The van der Waals surface area contributed by atoms with Crippen molar-refractivity contribution in [2.24, 2.45) is 0 Å². The maximum atomic E-state index is 5.33. The van der Waals surface area contributed by atoms with Crippen LogP contribution in [0.1, 0.15) is 56.2 Å². The highest BCUT2D eigenvalue weighted by Gasteiger charge is 2.20. The van der Waals surface area contributed by atoms with Crippen molar-refractivity contribution in [1.29, 1.82) is 0 Å². The smallest absolute Gasteiger partial charge is 0.226 e. The summed E-state index contributed by atoms with van der Waals surface area (Å²) < 4.78 is 7.15. The zero-order valence-corrected chi connectivity index (χ0v) is 11.0. The van der Waals surface area contributed by atoms with Crippen LogP contribution in [0.4, 0.5) is 0 Å². The lowest BCUT2D eigenvalue weighted by molar-refractivity contribution is 0.353. The van der Waals surface area contributed by atoms with Gasteiger partial charge in [0.25, 0.3) is 0 Å². The van der Waals surface area contributed by atoms with Crippen molar-refractivity contribution in [3.05, 3.63) is 24.1 Å². The second-order valence-corrected chi connectivity index (χ2v) is 5.15. The molecule has 1 aliphatic carbocycles. The highest BCUT2D eigenvalue weighted by Crippen LogP contribution is 2.30. The fraction of sp³-hybridized carbons (Fsp3) is 0.692. The SMILES string of the molecule is c1cn(CCCc2nc(C3CCCCC3)no2)nn1. The van der Waals surface area contributed by atoms with E-state index in [-0.39, 0.29) is 0 Å². The van der Waals surface area contributed by atoms with Gasteiger partial charge in [-0.15, -0.1) is 5.10 Å². The molecule has 1 saturated carbocycles. The molecule has 2 heterocycles. The second-order valence-electron chi connectivity index (χ2n) is 5.15. The molecule has 0 N–H and O–H groups in total. The second kappa shape index (κ2) is 5.95. The zero-order chi connectivity index (χ0) is 12.9. The Kier molecular flexibility index (Phi) is 3.86. The zero-order valence-electron chi connectivity index (χ0n) is 11.0. The predicted octanol–water partition coefficient (Wildman–Crippen LogP) is 2.34. The van der Waals surface area contributed by atoms with Gasteiger partial charge in [0.2, 0.25) is 5.89 Å². The van der Waals surface area contributed by atoms with Gasteiger partial charge >= 0.3 is 0 Å². The number of hydrogen-bond acceptors (Lipinski definition) is 5. The fourth-order valence-corrected chi connectivity index (χ4v) is 2.64. The molecule has 0 radical (unpaired) electrons. The highest BCUT2D eigenvalue weighted by atomic mass is 16.5. The summed E-state index contributed by atoms with van der Waals surface area (Å²) >= 11 is 0. The van der Waals surface area contributed by atoms with E-state index in [1.54, 1.807) is 6.20 Å². The molecule has 0 saturated heterocycles. The molecule has 0 aliphatic heterocycles. The molecular formula is C13H19N5O. The van der Waals surface area contributed by atoms with Crippen LogP contribution in [0.25, 0.3) is 0 Å². The average molecular weight is 261 g/mol. The first-order valence-electron chi connectivity index (χ1n) is 7.08. The Morgan fingerprint density at radius 2 is 2.16 bits per heavy atom. The third-order valence-corrected chi connectivity index (χ3v) is 3.70. The normalized spacial score (nSPS) is 16.8. The fourth-order valence-electron chi connectivity index (χ4n) is 2.64. The van der Waals surface area contributed by atoms with Crippen molar-refractivity contribution in [2.45, 2.75) is 57.4 Å². The molecule has 19 heavy (non-hydrogen) atoms. The van der Waals surface area contributed by atoms with Gasteiger partial charge in [-0.25, -0.2) is 0 Å². The van der Waals surface area contributed by atoms with E-state index in [1.165, 1.54) is 32.1 Å². The summed E-state index contributed by atoms with van der Waals surface area (Å²) in [6.45, 7) is 0.834. The molecule has 2 aromatic rings. The molecule has 6 nitrogen and oxygen atoms in total. The topological polar surface area (TPSA) is 69.6 Å². The highest BCUT2D eigenvalue weighted by molar-refractivity contribution is 4.96. The molecule has 1 aliphatic rings. The third kappa shape index (κ3) is 3.19. The van der Waals surface area contributed by atoms with Gasteiger partial charge in [0.15, 0.2) is 5.82 Å². The van der Waals surface area contributed by atoms with E-state index in [1.807, 2.05) is 10.9 Å². The van der Waals surface area contributed by atoms with E-state index in [4.69, 9.17) is 4.52 Å². The van der Waals surface area contributed by atoms with Crippen molar-refractivity contribution < 1.29 is 4.52 Å². The monoisotopic (exact) mass is 261 g/mol. The van der Waals surface area contributed by atoms with Gasteiger partial charge in [0.1, 0.15) is 0 Å². The number of hydrogen-bond donors (Lipinski definition) is 0. The molecule has 3 rings (SSSR count). The Balaban J connectivity index is 1.50. The van der Waals surface area contributed by atoms with Gasteiger partial charge in [-0.2, -0.15) is 4.98 Å². The predicted molar refractivity (Wildman–Crippen MR) is 68.5 cm³/mol. The van der Waals surface area contributed by atoms with Crippen molar-refractivity contribution in [3.63, 3.8) is 0 Å². The van der Waals surface area contributed by atoms with Gasteiger partial charge in [-0.1, -0.05) is 29.6 Å². The molecule has 0 aromatic carbocycles. The van der Waals surface area contributed by atoms with E-state index in [0.717, 1.165) is 31.1 Å². The first-order valence-corrected chi connectivity index (χ1v) is 7.08. The summed E-state index contributed by atoms with van der Waals surface area (Å²) in [6, 6.07) is 0. The molecule has 0 atom stereocenters. The van der Waals surface area contributed by atoms with Crippen molar-refractivity contribution in [2.75, 3.05) is 0 Å². The standard InChI is InChI=1S/C13H19N5O/c1-2-5-11(6-3-1)13-15-12(19-16-13)7-4-9-18-10-8-14-17-18/h8,10-11H,1-7,9H2. The van der Waals surface area contributed by atoms with E-state index >= 15 is 0 Å². The van der Waals surface area contributed by atoms with Crippen LogP contribution in [0.2, 0.25) is 0 Å². The lowest BCUT2D eigenvalue weighted by Gasteiger charge is -2.17. The maximum Gasteiger partial charge on any atom is 0.226 e. The van der Waals surface area contributed by atoms with Gasteiger partial charge < -0.3 is 4.52 Å². The summed E-state index contributed by atoms with van der Waals surface area (Å²) in [6.07, 6.45) is 11.6. The molecule has 0 unspecified atom stereocenters. The van der Waals surface area contributed by atoms with Crippen LogP contribution in [0, 0.1) is 0 Å². The lowest BCUT2D eigenvalue weighted by Crippen LogP contribution is -2.06. The number of aromatic nitrogens is 5. The molecule has 6 heteroatoms. The molecule has 102 valence electrons.